The fourth-order valence-corrected chi connectivity index (χ4v) is 5.09. The molecule has 0 bridgehead atoms. The molecule has 188 valence electrons. The Kier molecular flexibility index (Phi) is 5.22. The summed E-state index contributed by atoms with van der Waals surface area (Å²) >= 11 is 0. The molecule has 5 aromatic heterocycles. The zero-order valence-electron chi connectivity index (χ0n) is 20.2. The minimum atomic E-state index is -2.61. The molecule has 1 fully saturated rings. The van der Waals surface area contributed by atoms with Crippen molar-refractivity contribution in [3.05, 3.63) is 79.1 Å². The summed E-state index contributed by atoms with van der Waals surface area (Å²) in [6.07, 6.45) is 10.5. The first-order chi connectivity index (χ1) is 18.5. The highest BCUT2D eigenvalue weighted by atomic mass is 19.3. The lowest BCUT2D eigenvalue weighted by molar-refractivity contribution is 0.0115. The Balaban J connectivity index is 1.24. The molecular formula is C28H22F2N8. The molecule has 0 atom stereocenters. The average Bonchev–Trinajstić information content (AvgIpc) is 3.64. The van der Waals surface area contributed by atoms with Crippen LogP contribution in [0.4, 0.5) is 8.78 Å². The Labute approximate surface area is 215 Å². The summed E-state index contributed by atoms with van der Waals surface area (Å²) in [6.45, 7) is 0.622. The van der Waals surface area contributed by atoms with Crippen molar-refractivity contribution in [1.82, 2.24) is 40.0 Å². The number of likely N-dealkylation sites (tertiary alicyclic amines) is 1. The summed E-state index contributed by atoms with van der Waals surface area (Å²) in [4.78, 5) is 22.9. The molecule has 1 aromatic carbocycles. The van der Waals surface area contributed by atoms with Crippen molar-refractivity contribution in [3.63, 3.8) is 0 Å². The van der Waals surface area contributed by atoms with E-state index in [4.69, 9.17) is 4.98 Å². The van der Waals surface area contributed by atoms with Gasteiger partial charge in [0.1, 0.15) is 5.69 Å². The number of alkyl halides is 2. The van der Waals surface area contributed by atoms with Gasteiger partial charge in [0.2, 0.25) is 0 Å². The van der Waals surface area contributed by atoms with Crippen LogP contribution < -0.4 is 0 Å². The van der Waals surface area contributed by atoms with Gasteiger partial charge in [-0.25, -0.2) is 13.8 Å². The van der Waals surface area contributed by atoms with Crippen LogP contribution in [-0.4, -0.2) is 59.0 Å². The van der Waals surface area contributed by atoms with Crippen LogP contribution in [0.5, 0.6) is 0 Å². The van der Waals surface area contributed by atoms with Crippen LogP contribution >= 0.6 is 0 Å². The summed E-state index contributed by atoms with van der Waals surface area (Å²) < 4.78 is 27.3. The van der Waals surface area contributed by atoms with Crippen molar-refractivity contribution >= 4 is 21.9 Å². The van der Waals surface area contributed by atoms with Gasteiger partial charge in [-0.05, 0) is 47.0 Å². The molecule has 10 heteroatoms. The number of benzene rings is 1. The number of nitrogens with zero attached hydrogens (tertiary/aromatic N) is 6. The van der Waals surface area contributed by atoms with Gasteiger partial charge in [-0.1, -0.05) is 6.07 Å². The van der Waals surface area contributed by atoms with Gasteiger partial charge in [-0.3, -0.25) is 25.0 Å². The third-order valence-electron chi connectivity index (χ3n) is 6.96. The number of hydrogen-bond acceptors (Lipinski definition) is 6. The van der Waals surface area contributed by atoms with Gasteiger partial charge < -0.3 is 4.98 Å². The van der Waals surface area contributed by atoms with Crippen molar-refractivity contribution in [2.24, 2.45) is 0 Å². The SMILES string of the molecule is FC1(F)CCN(Cc2cncc(-c3ccc4[nH]nc(-c5nc6c(-c7ccncc7)cncc6[nH]5)c4c3)c2)C1. The predicted molar refractivity (Wildman–Crippen MR) is 140 cm³/mol. The molecule has 0 spiro atoms. The molecule has 6 aromatic rings. The highest BCUT2D eigenvalue weighted by Crippen LogP contribution is 2.33. The minimum Gasteiger partial charge on any atom is -0.335 e. The Hall–Kier alpha value is -4.57. The fraction of sp³-hybridized carbons (Fsp3) is 0.179. The van der Waals surface area contributed by atoms with E-state index < -0.39 is 5.92 Å². The maximum Gasteiger partial charge on any atom is 0.261 e. The number of fused-ring (bicyclic) bond motifs is 2. The van der Waals surface area contributed by atoms with Crippen LogP contribution in [0.3, 0.4) is 0 Å². The smallest absolute Gasteiger partial charge is 0.261 e. The van der Waals surface area contributed by atoms with E-state index in [1.54, 1.807) is 42.1 Å². The zero-order chi connectivity index (χ0) is 25.7. The van der Waals surface area contributed by atoms with Crippen LogP contribution in [0.1, 0.15) is 12.0 Å². The van der Waals surface area contributed by atoms with E-state index in [-0.39, 0.29) is 13.0 Å². The molecular weight excluding hydrogens is 486 g/mol. The number of pyridine rings is 3. The average molecular weight is 509 g/mol. The number of imidazole rings is 1. The highest BCUT2D eigenvalue weighted by Gasteiger charge is 2.37. The van der Waals surface area contributed by atoms with E-state index in [0.29, 0.717) is 24.6 Å². The van der Waals surface area contributed by atoms with Crippen molar-refractivity contribution < 1.29 is 8.78 Å². The Morgan fingerprint density at radius 1 is 0.868 bits per heavy atom. The van der Waals surface area contributed by atoms with Gasteiger partial charge in [0.05, 0.1) is 29.3 Å². The molecule has 0 radical (unpaired) electrons. The van der Waals surface area contributed by atoms with Crippen molar-refractivity contribution in [2.75, 3.05) is 13.1 Å². The fourth-order valence-electron chi connectivity index (χ4n) is 5.09. The molecule has 1 aliphatic rings. The molecule has 0 aliphatic carbocycles. The molecule has 0 saturated carbocycles. The standard InChI is InChI=1S/C28H22F2N8/c29-28(30)5-8-38(16-28)15-17-9-20(12-32-11-17)19-1-2-23-21(10-19)26(37-36-23)27-34-24-14-33-13-22(25(24)35-27)18-3-6-31-7-4-18/h1-4,6-7,9-14H,5,8,15-16H2,(H,34,35)(H,36,37). The molecule has 6 heterocycles. The third kappa shape index (κ3) is 4.08. The maximum atomic E-state index is 13.6. The van der Waals surface area contributed by atoms with Crippen LogP contribution in [0.25, 0.3) is 55.7 Å². The van der Waals surface area contributed by atoms with Crippen molar-refractivity contribution in [1.29, 1.82) is 0 Å². The van der Waals surface area contributed by atoms with E-state index in [0.717, 1.165) is 49.8 Å². The molecule has 0 amide bonds. The second-order valence-electron chi connectivity index (χ2n) is 9.64. The molecule has 7 rings (SSSR count). The van der Waals surface area contributed by atoms with E-state index in [2.05, 4.69) is 30.1 Å². The van der Waals surface area contributed by atoms with E-state index in [1.807, 2.05) is 36.4 Å². The number of hydrogen-bond donors (Lipinski definition) is 2. The number of H-pyrrole nitrogens is 2. The predicted octanol–water partition coefficient (Wildman–Crippen LogP) is 5.47. The number of rotatable bonds is 5. The van der Waals surface area contributed by atoms with Crippen LogP contribution in [0, 0.1) is 0 Å². The third-order valence-corrected chi connectivity index (χ3v) is 6.96. The minimum absolute atomic E-state index is 0.0953. The lowest BCUT2D eigenvalue weighted by Crippen LogP contribution is -2.24. The van der Waals surface area contributed by atoms with Gasteiger partial charge in [-0.15, -0.1) is 0 Å². The van der Waals surface area contributed by atoms with Gasteiger partial charge in [-0.2, -0.15) is 5.10 Å². The summed E-state index contributed by atoms with van der Waals surface area (Å²) in [5, 5.41) is 8.56. The van der Waals surface area contributed by atoms with Crippen LogP contribution in [0.2, 0.25) is 0 Å². The number of aromatic nitrogens is 7. The molecule has 1 aliphatic heterocycles. The lowest BCUT2D eigenvalue weighted by Gasteiger charge is -2.15. The summed E-state index contributed by atoms with van der Waals surface area (Å²) in [5.74, 6) is -1.98. The molecule has 1 saturated heterocycles. The first-order valence-electron chi connectivity index (χ1n) is 12.3. The Bertz CT molecular complexity index is 1780. The van der Waals surface area contributed by atoms with Crippen molar-refractivity contribution in [2.45, 2.75) is 18.9 Å². The quantitative estimate of drug-likeness (QED) is 0.321. The summed E-state index contributed by atoms with van der Waals surface area (Å²) in [6, 6.07) is 11.9. The Morgan fingerprint density at radius 3 is 2.58 bits per heavy atom. The molecule has 8 nitrogen and oxygen atoms in total. The maximum absolute atomic E-state index is 13.6. The second-order valence-corrected chi connectivity index (χ2v) is 9.64. The number of aromatic amines is 2. The van der Waals surface area contributed by atoms with Crippen LogP contribution in [0.15, 0.2) is 73.6 Å². The van der Waals surface area contributed by atoms with Crippen molar-refractivity contribution in [3.8, 4) is 33.8 Å². The molecule has 0 unspecified atom stereocenters. The summed E-state index contributed by atoms with van der Waals surface area (Å²) in [7, 11) is 0. The monoisotopic (exact) mass is 508 g/mol. The lowest BCUT2D eigenvalue weighted by atomic mass is 10.0. The van der Waals surface area contributed by atoms with E-state index in [1.165, 1.54) is 0 Å². The molecule has 38 heavy (non-hydrogen) atoms. The summed E-state index contributed by atoms with van der Waals surface area (Å²) in [5.41, 5.74) is 7.85. The first-order valence-corrected chi connectivity index (χ1v) is 12.3. The van der Waals surface area contributed by atoms with Gasteiger partial charge in [0, 0.05) is 67.0 Å². The second kappa shape index (κ2) is 8.77. The first kappa shape index (κ1) is 22.6. The highest BCUT2D eigenvalue weighted by molar-refractivity contribution is 5.98. The number of halogens is 2. The van der Waals surface area contributed by atoms with Gasteiger partial charge in [0.25, 0.3) is 5.92 Å². The normalized spacial score (nSPS) is 15.5. The topological polar surface area (TPSA) is 99.3 Å². The van der Waals surface area contributed by atoms with Gasteiger partial charge >= 0.3 is 0 Å². The zero-order valence-corrected chi connectivity index (χ0v) is 20.2. The largest absolute Gasteiger partial charge is 0.335 e. The van der Waals surface area contributed by atoms with Gasteiger partial charge in [0.15, 0.2) is 5.82 Å². The molecule has 2 N–H and O–H groups in total. The van der Waals surface area contributed by atoms with E-state index in [9.17, 15) is 8.78 Å². The Morgan fingerprint density at radius 2 is 1.74 bits per heavy atom. The number of nitrogens with one attached hydrogen (secondary N) is 2. The van der Waals surface area contributed by atoms with Crippen LogP contribution in [-0.2, 0) is 6.54 Å². The van der Waals surface area contributed by atoms with E-state index >= 15 is 0 Å².